The first-order chi connectivity index (χ1) is 18.7. The Morgan fingerprint density at radius 1 is 1.00 bits per heavy atom. The zero-order chi connectivity index (χ0) is 29.6. The molecular formula is C25H19N3O10S2. The van der Waals surface area contributed by atoms with Gasteiger partial charge < -0.3 is 20.6 Å². The summed E-state index contributed by atoms with van der Waals surface area (Å²) in [6, 6.07) is 8.13. The number of amides is 1. The molecule has 7 N–H and O–H groups in total. The number of carboxylic acids is 1. The molecule has 1 aliphatic carbocycles. The quantitative estimate of drug-likeness (QED) is 0.0604. The number of aromatic carboxylic acids is 1. The van der Waals surface area contributed by atoms with Gasteiger partial charge in [-0.15, -0.1) is 12.3 Å². The van der Waals surface area contributed by atoms with Crippen molar-refractivity contribution in [1.82, 2.24) is 5.32 Å². The number of carbonyl (C=O) groups excluding carboxylic acids is 1. The topological polar surface area (TPSA) is 238 Å². The molecule has 0 aromatic heterocycles. The van der Waals surface area contributed by atoms with Gasteiger partial charge in [0.05, 0.1) is 16.6 Å². The van der Waals surface area contributed by atoms with E-state index in [9.17, 15) is 40.6 Å². The normalized spacial score (nSPS) is 11.8. The van der Waals surface area contributed by atoms with Crippen molar-refractivity contribution in [2.75, 3.05) is 12.3 Å². The fraction of sp³-hybridized carbons (Fsp3) is 0.0800. The Balaban J connectivity index is 2.20. The van der Waals surface area contributed by atoms with Crippen LogP contribution in [0.25, 0.3) is 33.4 Å². The lowest BCUT2D eigenvalue weighted by molar-refractivity contribution is 0.0697. The zero-order valence-electron chi connectivity index (χ0n) is 20.1. The average Bonchev–Trinajstić information content (AvgIpc) is 2.85. The van der Waals surface area contributed by atoms with E-state index in [1.165, 1.54) is 24.3 Å². The first-order valence-corrected chi connectivity index (χ1v) is 14.0. The van der Waals surface area contributed by atoms with Crippen LogP contribution < -0.4 is 16.4 Å². The molecule has 13 nitrogen and oxygen atoms in total. The minimum atomic E-state index is -5.15. The minimum absolute atomic E-state index is 0.0534. The molecule has 2 aromatic carbocycles. The van der Waals surface area contributed by atoms with Gasteiger partial charge in [0, 0.05) is 35.0 Å². The summed E-state index contributed by atoms with van der Waals surface area (Å²) in [5.41, 5.74) is 3.75. The molecule has 206 valence electrons. The second-order valence-corrected chi connectivity index (χ2v) is 11.1. The first-order valence-electron chi connectivity index (χ1n) is 11.1. The van der Waals surface area contributed by atoms with E-state index in [4.69, 9.17) is 22.0 Å². The predicted molar refractivity (Wildman–Crippen MR) is 141 cm³/mol. The number of rotatable bonds is 7. The summed E-state index contributed by atoms with van der Waals surface area (Å²) in [6.45, 7) is 0.128. The van der Waals surface area contributed by atoms with E-state index in [0.29, 0.717) is 0 Å². The summed E-state index contributed by atoms with van der Waals surface area (Å²) in [5.74, 6) is -0.497. The molecule has 1 heterocycles. The molecule has 0 fully saturated rings. The largest absolute Gasteiger partial charge is 0.478 e. The van der Waals surface area contributed by atoms with E-state index in [1.54, 1.807) is 0 Å². The lowest BCUT2D eigenvalue weighted by Gasteiger charge is -2.20. The molecule has 0 bridgehead atoms. The Labute approximate surface area is 226 Å². The smallest absolute Gasteiger partial charge is 0.336 e. The third-order valence-corrected chi connectivity index (χ3v) is 7.71. The van der Waals surface area contributed by atoms with E-state index >= 15 is 0 Å². The highest BCUT2D eigenvalue weighted by molar-refractivity contribution is 7.86. The Kier molecular flexibility index (Phi) is 7.13. The van der Waals surface area contributed by atoms with Crippen LogP contribution in [0.2, 0.25) is 0 Å². The maximum Gasteiger partial charge on any atom is 0.336 e. The predicted octanol–water partition coefficient (Wildman–Crippen LogP) is 2.21. The summed E-state index contributed by atoms with van der Waals surface area (Å²) in [4.78, 5) is 22.9. The van der Waals surface area contributed by atoms with Crippen LogP contribution in [0.5, 0.6) is 0 Å². The highest BCUT2D eigenvalue weighted by atomic mass is 32.2. The maximum atomic E-state index is 12.5. The minimum Gasteiger partial charge on any atom is -0.478 e. The van der Waals surface area contributed by atoms with Gasteiger partial charge in [0.2, 0.25) is 0 Å². The van der Waals surface area contributed by atoms with Gasteiger partial charge in [0.25, 0.3) is 26.1 Å². The molecular weight excluding hydrogens is 566 g/mol. The average molecular weight is 586 g/mol. The van der Waals surface area contributed by atoms with Crippen LogP contribution >= 0.6 is 0 Å². The van der Waals surface area contributed by atoms with Gasteiger partial charge in [0.15, 0.2) is 21.1 Å². The Hall–Kier alpha value is -4.75. The standard InChI is InChI=1S/C25H19N3O10S2/c1-2-3-10-28-24(29)12-4-5-13(16(11-12)25(30)31)19-14-6-8-17(26)22(39(32,33)34)20(14)38-21-15(19)7-9-18(27)23(21)40(35,36)37/h1,4-9,11,26H,3,10,27H2,(H,28,29)(H,30,31)(H,32,33,34)(H,35,36,37). The van der Waals surface area contributed by atoms with Gasteiger partial charge in [0.1, 0.15) is 0 Å². The molecule has 0 spiro atoms. The number of nitrogen functional groups attached to an aromatic ring is 1. The van der Waals surface area contributed by atoms with E-state index in [-0.39, 0.29) is 40.6 Å². The fourth-order valence-electron chi connectivity index (χ4n) is 4.23. The lowest BCUT2D eigenvalue weighted by Crippen LogP contribution is -2.24. The number of carbonyl (C=O) groups is 2. The van der Waals surface area contributed by atoms with Gasteiger partial charge in [-0.2, -0.15) is 16.8 Å². The van der Waals surface area contributed by atoms with Crippen molar-refractivity contribution >= 4 is 48.8 Å². The number of fused-ring (bicyclic) bond motifs is 2. The van der Waals surface area contributed by atoms with Crippen molar-refractivity contribution in [1.29, 1.82) is 5.41 Å². The van der Waals surface area contributed by atoms with E-state index < -0.39 is 69.9 Å². The molecule has 15 heteroatoms. The molecule has 0 unspecified atom stereocenters. The number of benzene rings is 3. The maximum absolute atomic E-state index is 12.5. The second kappa shape index (κ2) is 10.1. The van der Waals surface area contributed by atoms with Crippen molar-refractivity contribution in [3.05, 3.63) is 58.9 Å². The Morgan fingerprint density at radius 2 is 1.65 bits per heavy atom. The Morgan fingerprint density at radius 3 is 2.25 bits per heavy atom. The Bertz CT molecular complexity index is 2020. The van der Waals surface area contributed by atoms with Crippen LogP contribution in [0.3, 0.4) is 0 Å². The molecule has 4 rings (SSSR count). The van der Waals surface area contributed by atoms with Crippen LogP contribution in [0.1, 0.15) is 27.1 Å². The summed E-state index contributed by atoms with van der Waals surface area (Å²) in [5, 5.41) is 19.8. The number of anilines is 1. The number of hydrogen-bond donors (Lipinski definition) is 6. The van der Waals surface area contributed by atoms with Crippen LogP contribution in [0, 0.1) is 17.8 Å². The molecule has 0 atom stereocenters. The van der Waals surface area contributed by atoms with Gasteiger partial charge >= 0.3 is 5.97 Å². The summed E-state index contributed by atoms with van der Waals surface area (Å²) < 4.78 is 74.3. The van der Waals surface area contributed by atoms with Crippen molar-refractivity contribution < 1.29 is 45.1 Å². The molecule has 2 aromatic rings. The molecule has 1 amide bonds. The number of hydrogen-bond acceptors (Lipinski definition) is 9. The van der Waals surface area contributed by atoms with Gasteiger partial charge in [-0.05, 0) is 42.0 Å². The van der Waals surface area contributed by atoms with Crippen molar-refractivity contribution in [2.24, 2.45) is 0 Å². The van der Waals surface area contributed by atoms with E-state index in [2.05, 4.69) is 11.2 Å². The molecule has 1 aliphatic heterocycles. The first kappa shape index (κ1) is 28.3. The van der Waals surface area contributed by atoms with Crippen molar-refractivity contribution in [3.8, 4) is 34.8 Å². The van der Waals surface area contributed by atoms with Crippen molar-refractivity contribution in [3.63, 3.8) is 0 Å². The molecule has 40 heavy (non-hydrogen) atoms. The van der Waals surface area contributed by atoms with E-state index in [0.717, 1.165) is 18.2 Å². The van der Waals surface area contributed by atoms with Gasteiger partial charge in [-0.1, -0.05) is 6.07 Å². The SMILES string of the molecule is C#CCCNC(=O)c1ccc(-c2c3ccc(=N)c(S(=O)(=O)O)c-3oc3c(S(=O)(=O)O)c(N)ccc23)c(C(=O)O)c1. The summed E-state index contributed by atoms with van der Waals surface area (Å²) in [6.07, 6.45) is 5.40. The van der Waals surface area contributed by atoms with Gasteiger partial charge in [-0.3, -0.25) is 19.3 Å². The van der Waals surface area contributed by atoms with Crippen LogP contribution in [-0.2, 0) is 20.2 Å². The number of nitrogens with one attached hydrogen (secondary N) is 2. The summed E-state index contributed by atoms with van der Waals surface area (Å²) >= 11 is 0. The lowest BCUT2D eigenvalue weighted by atomic mass is 9.89. The van der Waals surface area contributed by atoms with E-state index in [1.807, 2.05) is 0 Å². The fourth-order valence-corrected chi connectivity index (χ4v) is 5.71. The molecule has 0 saturated heterocycles. The number of terminal acetylenes is 1. The third-order valence-electron chi connectivity index (χ3n) is 5.85. The van der Waals surface area contributed by atoms with Crippen LogP contribution in [-0.4, -0.2) is 49.5 Å². The van der Waals surface area contributed by atoms with Crippen molar-refractivity contribution in [2.45, 2.75) is 16.2 Å². The van der Waals surface area contributed by atoms with Gasteiger partial charge in [-0.25, -0.2) is 4.79 Å². The third kappa shape index (κ3) is 4.99. The zero-order valence-corrected chi connectivity index (χ0v) is 21.8. The van der Waals surface area contributed by atoms with Crippen LogP contribution in [0.4, 0.5) is 5.69 Å². The monoisotopic (exact) mass is 585 g/mol. The summed E-state index contributed by atoms with van der Waals surface area (Å²) in [7, 11) is -10.3. The molecule has 0 saturated carbocycles. The molecule has 0 radical (unpaired) electrons. The number of carboxylic acid groups (broad SMARTS) is 1. The second-order valence-electron chi connectivity index (χ2n) is 8.38. The highest BCUT2D eigenvalue weighted by Crippen LogP contribution is 2.45. The number of nitrogens with two attached hydrogens (primary N) is 1. The highest BCUT2D eigenvalue weighted by Gasteiger charge is 2.31. The molecule has 2 aliphatic rings. The van der Waals surface area contributed by atoms with Crippen LogP contribution in [0.15, 0.2) is 56.7 Å².